The van der Waals surface area contributed by atoms with Crippen LogP contribution >= 0.6 is 0 Å². The molecule has 1 N–H and O–H groups in total. The highest BCUT2D eigenvalue weighted by Crippen LogP contribution is 2.31. The van der Waals surface area contributed by atoms with Gasteiger partial charge in [0.1, 0.15) is 6.54 Å². The summed E-state index contributed by atoms with van der Waals surface area (Å²) in [5.41, 5.74) is 1.40. The molecule has 0 aliphatic carbocycles. The van der Waals surface area contributed by atoms with Gasteiger partial charge in [-0.15, -0.1) is 0 Å². The molecule has 2 saturated heterocycles. The molecule has 128 valence electrons. The van der Waals surface area contributed by atoms with Crippen LogP contribution in [0.5, 0.6) is 0 Å². The lowest BCUT2D eigenvalue weighted by atomic mass is 10.1. The van der Waals surface area contributed by atoms with Crippen molar-refractivity contribution in [3.8, 4) is 0 Å². The topological polar surface area (TPSA) is 99.0 Å². The lowest BCUT2D eigenvalue weighted by Crippen LogP contribution is -2.55. The minimum absolute atomic E-state index is 0.0379. The molecule has 2 atom stereocenters. The first-order valence-electron chi connectivity index (χ1n) is 8.09. The van der Waals surface area contributed by atoms with Gasteiger partial charge in [-0.1, -0.05) is 0 Å². The highest BCUT2D eigenvalue weighted by atomic mass is 16.4. The monoisotopic (exact) mass is 333 g/mol. The summed E-state index contributed by atoms with van der Waals surface area (Å²) in [5, 5.41) is 13.7. The van der Waals surface area contributed by atoms with E-state index in [2.05, 4.69) is 5.10 Å². The molecule has 3 aliphatic heterocycles. The van der Waals surface area contributed by atoms with Crippen LogP contribution in [0.4, 0.5) is 10.5 Å². The predicted molar refractivity (Wildman–Crippen MR) is 82.3 cm³/mol. The minimum Gasteiger partial charge on any atom is -0.465 e. The second-order valence-electron chi connectivity index (χ2n) is 6.64. The standard InChI is InChI=1S/C15H19N5O4/c1-9-5-20-12(7-17(9)15(23)24)11(4-16-20)19-6-10-2-3-13(21)18(10)8-14(19)22/h4,9-10H,2-3,5-8H2,1H3,(H,23,24)/t9-,10?/m0/s1. The quantitative estimate of drug-likeness (QED) is 0.786. The van der Waals surface area contributed by atoms with Crippen molar-refractivity contribution >= 4 is 23.6 Å². The zero-order chi connectivity index (χ0) is 17.0. The third-order valence-corrected chi connectivity index (χ3v) is 5.20. The Bertz CT molecular complexity index is 729. The van der Waals surface area contributed by atoms with Gasteiger partial charge in [-0.25, -0.2) is 4.79 Å². The summed E-state index contributed by atoms with van der Waals surface area (Å²) in [6.07, 6.45) is 1.91. The zero-order valence-electron chi connectivity index (χ0n) is 13.4. The molecule has 1 unspecified atom stereocenters. The molecular formula is C15H19N5O4. The Hall–Kier alpha value is -2.58. The van der Waals surface area contributed by atoms with E-state index in [4.69, 9.17) is 0 Å². The van der Waals surface area contributed by atoms with Gasteiger partial charge in [0.05, 0.1) is 42.8 Å². The number of aromatic nitrogens is 2. The minimum atomic E-state index is -0.974. The van der Waals surface area contributed by atoms with Crippen LogP contribution in [0.15, 0.2) is 6.20 Å². The van der Waals surface area contributed by atoms with Gasteiger partial charge in [0, 0.05) is 13.0 Å². The van der Waals surface area contributed by atoms with Crippen molar-refractivity contribution in [2.75, 3.05) is 18.0 Å². The Labute approximate surface area is 138 Å². The number of carbonyl (C=O) groups is 3. The first-order chi connectivity index (χ1) is 11.5. The Balaban J connectivity index is 1.63. The van der Waals surface area contributed by atoms with Crippen LogP contribution in [0.25, 0.3) is 0 Å². The maximum atomic E-state index is 12.5. The maximum Gasteiger partial charge on any atom is 0.407 e. The summed E-state index contributed by atoms with van der Waals surface area (Å²) >= 11 is 0. The van der Waals surface area contributed by atoms with Gasteiger partial charge in [0.25, 0.3) is 0 Å². The van der Waals surface area contributed by atoms with Crippen LogP contribution in [0.2, 0.25) is 0 Å². The fourth-order valence-electron chi connectivity index (χ4n) is 3.85. The van der Waals surface area contributed by atoms with Gasteiger partial charge in [0.2, 0.25) is 11.8 Å². The molecule has 24 heavy (non-hydrogen) atoms. The fraction of sp³-hybridized carbons (Fsp3) is 0.600. The molecule has 3 amide bonds. The molecule has 1 aromatic rings. The van der Waals surface area contributed by atoms with Crippen molar-refractivity contribution in [3.05, 3.63) is 11.9 Å². The molecule has 2 fully saturated rings. The van der Waals surface area contributed by atoms with Crippen LogP contribution < -0.4 is 4.90 Å². The van der Waals surface area contributed by atoms with E-state index in [-0.39, 0.29) is 37.0 Å². The van der Waals surface area contributed by atoms with Gasteiger partial charge >= 0.3 is 6.09 Å². The summed E-state index contributed by atoms with van der Waals surface area (Å²) in [7, 11) is 0. The molecule has 1 aromatic heterocycles. The largest absolute Gasteiger partial charge is 0.465 e. The lowest BCUT2D eigenvalue weighted by Gasteiger charge is -2.38. The van der Waals surface area contributed by atoms with Gasteiger partial charge < -0.3 is 14.9 Å². The van der Waals surface area contributed by atoms with E-state index in [9.17, 15) is 19.5 Å². The normalized spacial score (nSPS) is 26.6. The lowest BCUT2D eigenvalue weighted by molar-refractivity contribution is -0.135. The summed E-state index contributed by atoms with van der Waals surface area (Å²) in [4.78, 5) is 40.4. The molecule has 0 bridgehead atoms. The van der Waals surface area contributed by atoms with Crippen molar-refractivity contribution in [2.45, 2.75) is 44.9 Å². The van der Waals surface area contributed by atoms with Gasteiger partial charge in [-0.2, -0.15) is 5.10 Å². The van der Waals surface area contributed by atoms with Crippen molar-refractivity contribution in [2.24, 2.45) is 0 Å². The summed E-state index contributed by atoms with van der Waals surface area (Å²) < 4.78 is 1.78. The Morgan fingerprint density at radius 2 is 2.04 bits per heavy atom. The van der Waals surface area contributed by atoms with E-state index < -0.39 is 6.09 Å². The Morgan fingerprint density at radius 3 is 2.79 bits per heavy atom. The number of amides is 3. The van der Waals surface area contributed by atoms with Gasteiger partial charge in [0.15, 0.2) is 0 Å². The number of piperazine rings is 1. The number of fused-ring (bicyclic) bond motifs is 2. The van der Waals surface area contributed by atoms with E-state index in [1.807, 2.05) is 6.92 Å². The van der Waals surface area contributed by atoms with Crippen molar-refractivity contribution in [1.82, 2.24) is 19.6 Å². The number of anilines is 1. The summed E-state index contributed by atoms with van der Waals surface area (Å²) in [6.45, 7) is 3.06. The molecule has 9 heteroatoms. The number of hydrogen-bond donors (Lipinski definition) is 1. The Morgan fingerprint density at radius 1 is 1.25 bits per heavy atom. The molecule has 9 nitrogen and oxygen atoms in total. The third kappa shape index (κ3) is 2.15. The first-order valence-corrected chi connectivity index (χ1v) is 8.09. The van der Waals surface area contributed by atoms with E-state index in [1.54, 1.807) is 20.7 Å². The highest BCUT2D eigenvalue weighted by Gasteiger charge is 2.41. The number of carboxylic acid groups (broad SMARTS) is 1. The van der Waals surface area contributed by atoms with Gasteiger partial charge in [-0.3, -0.25) is 19.2 Å². The molecule has 0 radical (unpaired) electrons. The van der Waals surface area contributed by atoms with Crippen LogP contribution in [-0.2, 0) is 22.7 Å². The molecular weight excluding hydrogens is 314 g/mol. The van der Waals surface area contributed by atoms with E-state index in [0.717, 1.165) is 12.1 Å². The summed E-state index contributed by atoms with van der Waals surface area (Å²) in [5.74, 6) is -0.103. The molecule has 4 rings (SSSR count). The highest BCUT2D eigenvalue weighted by molar-refractivity contribution is 5.99. The van der Waals surface area contributed by atoms with Crippen LogP contribution in [0.1, 0.15) is 25.5 Å². The molecule has 0 aromatic carbocycles. The smallest absolute Gasteiger partial charge is 0.407 e. The molecule has 3 aliphatic rings. The fourth-order valence-corrected chi connectivity index (χ4v) is 3.85. The summed E-state index contributed by atoms with van der Waals surface area (Å²) in [6, 6.07) is -0.119. The maximum absolute atomic E-state index is 12.5. The third-order valence-electron chi connectivity index (χ3n) is 5.20. The first kappa shape index (κ1) is 15.0. The number of carbonyl (C=O) groups excluding carboxylic acids is 2. The molecule has 4 heterocycles. The van der Waals surface area contributed by atoms with Crippen molar-refractivity contribution in [3.63, 3.8) is 0 Å². The SMILES string of the molecule is C[C@H]1Cn2ncc(N3CC4CCC(=O)N4CC3=O)c2CN1C(=O)O. The van der Waals surface area contributed by atoms with Crippen LogP contribution in [-0.4, -0.2) is 67.8 Å². The van der Waals surface area contributed by atoms with Crippen LogP contribution in [0, 0.1) is 0 Å². The zero-order valence-corrected chi connectivity index (χ0v) is 13.4. The predicted octanol–water partition coefficient (Wildman–Crippen LogP) is 0.103. The average molecular weight is 333 g/mol. The van der Waals surface area contributed by atoms with E-state index >= 15 is 0 Å². The Kier molecular flexibility index (Phi) is 3.26. The van der Waals surface area contributed by atoms with Crippen molar-refractivity contribution in [1.29, 1.82) is 0 Å². The molecule has 0 spiro atoms. The second kappa shape index (κ2) is 5.22. The number of nitrogens with zero attached hydrogens (tertiary/aromatic N) is 5. The van der Waals surface area contributed by atoms with Crippen molar-refractivity contribution < 1.29 is 19.5 Å². The van der Waals surface area contributed by atoms with Gasteiger partial charge in [-0.05, 0) is 13.3 Å². The number of hydrogen-bond acceptors (Lipinski definition) is 4. The average Bonchev–Trinajstić information content (AvgIpc) is 3.09. The number of rotatable bonds is 1. The second-order valence-corrected chi connectivity index (χ2v) is 6.64. The van der Waals surface area contributed by atoms with E-state index in [0.29, 0.717) is 25.2 Å². The molecule has 0 saturated carbocycles. The van der Waals surface area contributed by atoms with E-state index in [1.165, 1.54) is 4.90 Å². The van der Waals surface area contributed by atoms with Crippen LogP contribution in [0.3, 0.4) is 0 Å².